The van der Waals surface area contributed by atoms with Crippen molar-refractivity contribution in [2.75, 3.05) is 6.61 Å². The second-order valence-corrected chi connectivity index (χ2v) is 10.9. The first-order valence-corrected chi connectivity index (χ1v) is 13.9. The minimum Gasteiger partial charge on any atom is -0.493 e. The first-order chi connectivity index (χ1) is 19.1. The van der Waals surface area contributed by atoms with E-state index in [1.165, 1.54) is 0 Å². The number of carboxylic acid groups (broad SMARTS) is 1. The van der Waals surface area contributed by atoms with Crippen LogP contribution < -0.4 is 10.5 Å². The topological polar surface area (TPSA) is 125 Å². The molecule has 8 nitrogen and oxygen atoms in total. The Morgan fingerprint density at radius 2 is 1.75 bits per heavy atom. The van der Waals surface area contributed by atoms with Crippen LogP contribution in [-0.2, 0) is 20.7 Å². The maximum Gasteiger partial charge on any atom is 0.327 e. The summed E-state index contributed by atoms with van der Waals surface area (Å²) in [6.07, 6.45) is 2.07. The van der Waals surface area contributed by atoms with Gasteiger partial charge in [-0.15, -0.1) is 11.3 Å². The standard InChI is InChI=1S/C31H33N3O5S/c1-18(2)39-31(37)28(32)25-16-23(11-12-24(25)19(3)30(35)36)38-15-14-26-20(4)40-29(34-26)22-10-13-27(33-17-22)21-8-6-5-7-9-21/h5-13,16-19,28H,14-15,32H2,1-4H3,(H,35,36). The number of ether oxygens (including phenoxy) is 2. The van der Waals surface area contributed by atoms with Crippen molar-refractivity contribution < 1.29 is 24.2 Å². The van der Waals surface area contributed by atoms with Gasteiger partial charge in [-0.05, 0) is 63.1 Å². The fraction of sp³-hybridized carbons (Fsp3) is 0.290. The van der Waals surface area contributed by atoms with Crippen LogP contribution in [0.5, 0.6) is 5.75 Å². The predicted octanol–water partition coefficient (Wildman–Crippen LogP) is 5.94. The molecule has 2 heterocycles. The lowest BCUT2D eigenvalue weighted by molar-refractivity contribution is -0.149. The molecule has 9 heteroatoms. The van der Waals surface area contributed by atoms with Crippen LogP contribution in [0.4, 0.5) is 0 Å². The Balaban J connectivity index is 1.45. The molecule has 0 radical (unpaired) electrons. The number of benzene rings is 2. The molecule has 2 unspecified atom stereocenters. The zero-order valence-electron chi connectivity index (χ0n) is 23.0. The Hall–Kier alpha value is -4.08. The van der Waals surface area contributed by atoms with E-state index in [0.29, 0.717) is 29.9 Å². The number of thiazole rings is 1. The van der Waals surface area contributed by atoms with Crippen molar-refractivity contribution in [1.82, 2.24) is 9.97 Å². The summed E-state index contributed by atoms with van der Waals surface area (Å²) in [6, 6.07) is 17.9. The van der Waals surface area contributed by atoms with Crippen molar-refractivity contribution in [3.05, 3.63) is 88.6 Å². The van der Waals surface area contributed by atoms with Gasteiger partial charge in [-0.25, -0.2) is 9.78 Å². The number of carbonyl (C=O) groups is 2. The summed E-state index contributed by atoms with van der Waals surface area (Å²) in [5.74, 6) is -2.01. The third-order valence-electron chi connectivity index (χ3n) is 6.42. The van der Waals surface area contributed by atoms with Crippen molar-refractivity contribution in [1.29, 1.82) is 0 Å². The van der Waals surface area contributed by atoms with Crippen molar-refractivity contribution in [2.45, 2.75) is 52.2 Å². The number of aliphatic carboxylic acids is 1. The van der Waals surface area contributed by atoms with Gasteiger partial charge in [0.2, 0.25) is 0 Å². The number of aromatic nitrogens is 2. The highest BCUT2D eigenvalue weighted by Crippen LogP contribution is 2.31. The summed E-state index contributed by atoms with van der Waals surface area (Å²) in [4.78, 5) is 34.7. The Labute approximate surface area is 237 Å². The number of nitrogens with zero attached hydrogens (tertiary/aromatic N) is 2. The molecule has 0 spiro atoms. The number of rotatable bonds is 11. The molecule has 0 saturated carbocycles. The number of carbonyl (C=O) groups excluding carboxylic acids is 1. The molecule has 0 bridgehead atoms. The van der Waals surface area contributed by atoms with Crippen LogP contribution in [0.15, 0.2) is 66.9 Å². The highest BCUT2D eigenvalue weighted by atomic mass is 32.1. The lowest BCUT2D eigenvalue weighted by Crippen LogP contribution is -2.28. The molecule has 2 atom stereocenters. The summed E-state index contributed by atoms with van der Waals surface area (Å²) in [5, 5.41) is 10.4. The fourth-order valence-electron chi connectivity index (χ4n) is 4.22. The van der Waals surface area contributed by atoms with Crippen LogP contribution >= 0.6 is 11.3 Å². The van der Waals surface area contributed by atoms with Gasteiger partial charge < -0.3 is 20.3 Å². The predicted molar refractivity (Wildman–Crippen MR) is 155 cm³/mol. The Morgan fingerprint density at radius 1 is 1.00 bits per heavy atom. The smallest absolute Gasteiger partial charge is 0.327 e. The molecule has 40 heavy (non-hydrogen) atoms. The van der Waals surface area contributed by atoms with Gasteiger partial charge in [0.15, 0.2) is 0 Å². The molecule has 0 fully saturated rings. The number of esters is 1. The van der Waals surface area contributed by atoms with Gasteiger partial charge in [-0.2, -0.15) is 0 Å². The summed E-state index contributed by atoms with van der Waals surface area (Å²) < 4.78 is 11.2. The van der Waals surface area contributed by atoms with Crippen molar-refractivity contribution in [3.63, 3.8) is 0 Å². The van der Waals surface area contributed by atoms with Crippen LogP contribution in [0.25, 0.3) is 21.8 Å². The van der Waals surface area contributed by atoms with E-state index in [1.54, 1.807) is 50.3 Å². The molecule has 0 amide bonds. The van der Waals surface area contributed by atoms with Crippen LogP contribution in [0.1, 0.15) is 54.4 Å². The van der Waals surface area contributed by atoms with Crippen LogP contribution in [-0.4, -0.2) is 39.7 Å². The fourth-order valence-corrected chi connectivity index (χ4v) is 5.17. The highest BCUT2D eigenvalue weighted by Gasteiger charge is 2.26. The number of aryl methyl sites for hydroxylation is 1. The van der Waals surface area contributed by atoms with E-state index < -0.39 is 23.9 Å². The molecule has 4 aromatic rings. The number of hydrogen-bond acceptors (Lipinski definition) is 8. The maximum absolute atomic E-state index is 12.5. The number of pyridine rings is 1. The van der Waals surface area contributed by atoms with Gasteiger partial charge in [0.05, 0.1) is 30.0 Å². The van der Waals surface area contributed by atoms with Gasteiger partial charge in [-0.3, -0.25) is 9.78 Å². The van der Waals surface area contributed by atoms with Crippen LogP contribution in [0.3, 0.4) is 0 Å². The van der Waals surface area contributed by atoms with Gasteiger partial charge in [0.1, 0.15) is 16.8 Å². The minimum absolute atomic E-state index is 0.341. The molecule has 0 aliphatic rings. The Kier molecular flexibility index (Phi) is 9.29. The maximum atomic E-state index is 12.5. The third-order valence-corrected chi connectivity index (χ3v) is 7.48. The molecule has 2 aromatic heterocycles. The second-order valence-electron chi connectivity index (χ2n) is 9.73. The molecule has 4 rings (SSSR count). The highest BCUT2D eigenvalue weighted by molar-refractivity contribution is 7.15. The van der Waals surface area contributed by atoms with Gasteiger partial charge in [0, 0.05) is 28.6 Å². The lowest BCUT2D eigenvalue weighted by Gasteiger charge is -2.20. The zero-order valence-corrected chi connectivity index (χ0v) is 23.8. The van der Waals surface area contributed by atoms with Crippen molar-refractivity contribution >= 4 is 23.3 Å². The largest absolute Gasteiger partial charge is 0.493 e. The third kappa shape index (κ3) is 6.91. The van der Waals surface area contributed by atoms with Crippen molar-refractivity contribution in [3.8, 4) is 27.6 Å². The minimum atomic E-state index is -1.13. The first kappa shape index (κ1) is 28.9. The molecule has 0 saturated heterocycles. The summed E-state index contributed by atoms with van der Waals surface area (Å²) in [5.41, 5.74) is 10.9. The zero-order chi connectivity index (χ0) is 28.8. The molecule has 2 aromatic carbocycles. The number of hydrogen-bond donors (Lipinski definition) is 2. The van der Waals surface area contributed by atoms with E-state index in [0.717, 1.165) is 32.4 Å². The van der Waals surface area contributed by atoms with Gasteiger partial charge >= 0.3 is 11.9 Å². The van der Waals surface area contributed by atoms with E-state index in [1.807, 2.05) is 55.6 Å². The van der Waals surface area contributed by atoms with E-state index in [-0.39, 0.29) is 6.10 Å². The molecular formula is C31H33N3O5S. The van der Waals surface area contributed by atoms with E-state index in [2.05, 4.69) is 4.98 Å². The number of carboxylic acids is 1. The summed E-state index contributed by atoms with van der Waals surface area (Å²) in [7, 11) is 0. The van der Waals surface area contributed by atoms with Crippen molar-refractivity contribution in [2.24, 2.45) is 5.73 Å². The average Bonchev–Trinajstić information content (AvgIpc) is 3.32. The van der Waals surface area contributed by atoms with Crippen LogP contribution in [0, 0.1) is 6.92 Å². The Morgan fingerprint density at radius 3 is 2.40 bits per heavy atom. The summed E-state index contributed by atoms with van der Waals surface area (Å²) in [6.45, 7) is 7.38. The monoisotopic (exact) mass is 559 g/mol. The first-order valence-electron chi connectivity index (χ1n) is 13.1. The Bertz CT molecular complexity index is 1470. The van der Waals surface area contributed by atoms with Crippen LogP contribution in [0.2, 0.25) is 0 Å². The second kappa shape index (κ2) is 12.8. The van der Waals surface area contributed by atoms with E-state index in [4.69, 9.17) is 20.2 Å². The normalized spacial score (nSPS) is 12.7. The average molecular weight is 560 g/mol. The molecule has 0 aliphatic heterocycles. The molecule has 0 aliphatic carbocycles. The van der Waals surface area contributed by atoms with Gasteiger partial charge in [-0.1, -0.05) is 36.4 Å². The molecule has 208 valence electrons. The lowest BCUT2D eigenvalue weighted by atomic mass is 9.91. The molecular weight excluding hydrogens is 526 g/mol. The van der Waals surface area contributed by atoms with E-state index in [9.17, 15) is 14.7 Å². The SMILES string of the molecule is Cc1sc(-c2ccc(-c3ccccc3)nc2)nc1CCOc1ccc(C(C)C(=O)O)c(C(N)C(=O)OC(C)C)c1. The van der Waals surface area contributed by atoms with E-state index >= 15 is 0 Å². The number of nitrogens with two attached hydrogens (primary N) is 1. The van der Waals surface area contributed by atoms with Gasteiger partial charge in [0.25, 0.3) is 0 Å². The quantitative estimate of drug-likeness (QED) is 0.216. The summed E-state index contributed by atoms with van der Waals surface area (Å²) >= 11 is 1.61. The molecule has 3 N–H and O–H groups in total.